The number of hydrogen-bond acceptors (Lipinski definition) is 2. The van der Waals surface area contributed by atoms with Crippen molar-refractivity contribution in [2.45, 2.75) is 0 Å². The first-order valence-corrected chi connectivity index (χ1v) is 3.21. The molecule has 0 aromatic heterocycles. The third-order valence-corrected chi connectivity index (χ3v) is 0.838. The van der Waals surface area contributed by atoms with Crippen LogP contribution >= 0.6 is 7.76 Å². The summed E-state index contributed by atoms with van der Waals surface area (Å²) in [5.74, 6) is 0. The third-order valence-electron chi connectivity index (χ3n) is 0.279. The Morgan fingerprint density at radius 3 is 2.14 bits per heavy atom. The minimum Gasteiger partial charge on any atom is -0.371 e. The van der Waals surface area contributed by atoms with Crippen molar-refractivity contribution in [1.29, 1.82) is 0 Å². The van der Waals surface area contributed by atoms with Crippen molar-refractivity contribution in [3.05, 3.63) is 0 Å². The molecule has 44 valence electrons. The first-order chi connectivity index (χ1) is 3.06. The van der Waals surface area contributed by atoms with E-state index in [2.05, 4.69) is 4.74 Å². The topological polar surface area (TPSA) is 26.3 Å². The molecule has 0 spiro atoms. The Hall–Kier alpha value is 0.0500. The molecule has 0 aliphatic carbocycles. The largest absolute Gasteiger partial charge is 0.427 e. The highest BCUT2D eigenvalue weighted by Crippen LogP contribution is 2.48. The predicted octanol–water partition coefficient (Wildman–Crippen LogP) is 1.72. The second kappa shape index (κ2) is 2.38. The predicted molar refractivity (Wildman–Crippen MR) is 21.7 cm³/mol. The van der Waals surface area contributed by atoms with E-state index in [9.17, 15) is 13.0 Å². The van der Waals surface area contributed by atoms with E-state index in [1.54, 1.807) is 0 Å². The van der Waals surface area contributed by atoms with Crippen LogP contribution in [0.3, 0.4) is 0 Å². The van der Waals surface area contributed by atoms with E-state index in [1.807, 2.05) is 0 Å². The summed E-state index contributed by atoms with van der Waals surface area (Å²) in [6.07, 6.45) is -0.938. The van der Waals surface area contributed by atoms with Gasteiger partial charge in [-0.3, -0.25) is 0 Å². The second-order valence-corrected chi connectivity index (χ2v) is 2.39. The van der Waals surface area contributed by atoms with E-state index < -0.39 is 14.1 Å². The van der Waals surface area contributed by atoms with Crippen molar-refractivity contribution in [1.82, 2.24) is 0 Å². The molecule has 0 radical (unpaired) electrons. The molecule has 0 aromatic rings. The normalized spacial score (nSPS) is 11.9. The van der Waals surface area contributed by atoms with Crippen molar-refractivity contribution in [3.63, 3.8) is 0 Å². The van der Waals surface area contributed by atoms with E-state index in [4.69, 9.17) is 0 Å². The Kier molecular flexibility index (Phi) is 2.40. The Balaban J connectivity index is 3.36. The van der Waals surface area contributed by atoms with Gasteiger partial charge in [0.1, 0.15) is 0 Å². The van der Waals surface area contributed by atoms with Crippen molar-refractivity contribution >= 4 is 7.76 Å². The molecule has 0 amide bonds. The van der Waals surface area contributed by atoms with Crippen LogP contribution in [0.4, 0.5) is 8.39 Å². The zero-order valence-corrected chi connectivity index (χ0v) is 4.62. The lowest BCUT2D eigenvalue weighted by molar-refractivity contribution is 0.236. The summed E-state index contributed by atoms with van der Waals surface area (Å²) >= 11 is 0. The SMILES string of the molecule is COCP(=O)(F)F. The number of rotatable bonds is 2. The smallest absolute Gasteiger partial charge is 0.371 e. The molecule has 0 atom stereocenters. The highest BCUT2D eigenvalue weighted by Gasteiger charge is 2.16. The van der Waals surface area contributed by atoms with Gasteiger partial charge in [-0.15, -0.1) is 0 Å². The van der Waals surface area contributed by atoms with Crippen LogP contribution in [0.5, 0.6) is 0 Å². The summed E-state index contributed by atoms with van der Waals surface area (Å²) in [6.45, 7) is 0. The molecule has 0 bridgehead atoms. The van der Waals surface area contributed by atoms with Crippen LogP contribution in [-0.2, 0) is 9.30 Å². The molecule has 0 N–H and O–H groups in total. The maximum absolute atomic E-state index is 11.2. The molecule has 5 heteroatoms. The van der Waals surface area contributed by atoms with E-state index in [0.29, 0.717) is 0 Å². The van der Waals surface area contributed by atoms with Crippen molar-refractivity contribution < 1.29 is 17.7 Å². The summed E-state index contributed by atoms with van der Waals surface area (Å²) in [7, 11) is -3.81. The first kappa shape index (κ1) is 7.05. The van der Waals surface area contributed by atoms with Crippen LogP contribution in [0.15, 0.2) is 0 Å². The van der Waals surface area contributed by atoms with Gasteiger partial charge in [0.15, 0.2) is 6.35 Å². The molecule has 0 heterocycles. The van der Waals surface area contributed by atoms with Crippen molar-refractivity contribution in [3.8, 4) is 0 Å². The van der Waals surface area contributed by atoms with Gasteiger partial charge >= 0.3 is 7.76 Å². The summed E-state index contributed by atoms with van der Waals surface area (Å²) in [4.78, 5) is 0. The fourth-order valence-corrected chi connectivity index (χ4v) is 0.451. The van der Waals surface area contributed by atoms with Gasteiger partial charge in [0, 0.05) is 7.11 Å². The average Bonchev–Trinajstić information content (AvgIpc) is 1.30. The molecule has 0 saturated heterocycles. The van der Waals surface area contributed by atoms with Crippen LogP contribution in [0.1, 0.15) is 0 Å². The lowest BCUT2D eigenvalue weighted by Gasteiger charge is -1.91. The van der Waals surface area contributed by atoms with Gasteiger partial charge in [-0.05, 0) is 0 Å². The van der Waals surface area contributed by atoms with Gasteiger partial charge in [-0.2, -0.15) is 8.39 Å². The highest BCUT2D eigenvalue weighted by atomic mass is 31.2. The van der Waals surface area contributed by atoms with E-state index in [0.717, 1.165) is 7.11 Å². The summed E-state index contributed by atoms with van der Waals surface area (Å²) in [5, 5.41) is 0. The standard InChI is InChI=1S/C2H5F2O2P/c1-6-2-7(3,4)5/h2H2,1H3. The minimum absolute atomic E-state index is 0.938. The highest BCUT2D eigenvalue weighted by molar-refractivity contribution is 7.52. The molecule has 0 aliphatic rings. The fourth-order valence-electron chi connectivity index (χ4n) is 0.150. The molecule has 0 unspecified atom stereocenters. The third kappa shape index (κ3) is 6.05. The van der Waals surface area contributed by atoms with E-state index >= 15 is 0 Å². The summed E-state index contributed by atoms with van der Waals surface area (Å²) < 4.78 is 35.6. The zero-order valence-electron chi connectivity index (χ0n) is 3.73. The monoisotopic (exact) mass is 130 g/mol. The number of hydrogen-bond donors (Lipinski definition) is 0. The van der Waals surface area contributed by atoms with Crippen LogP contribution < -0.4 is 0 Å². The van der Waals surface area contributed by atoms with Gasteiger partial charge < -0.3 is 4.74 Å². The molecular weight excluding hydrogens is 125 g/mol. The Morgan fingerprint density at radius 2 is 2.14 bits per heavy atom. The van der Waals surface area contributed by atoms with Gasteiger partial charge in [0.05, 0.1) is 0 Å². The van der Waals surface area contributed by atoms with Crippen LogP contribution in [0.2, 0.25) is 0 Å². The Labute approximate surface area is 40.1 Å². The van der Waals surface area contributed by atoms with E-state index in [1.165, 1.54) is 0 Å². The minimum atomic E-state index is -4.89. The number of halogens is 2. The van der Waals surface area contributed by atoms with Crippen LogP contribution in [-0.4, -0.2) is 13.5 Å². The molecule has 2 nitrogen and oxygen atoms in total. The summed E-state index contributed by atoms with van der Waals surface area (Å²) in [5.41, 5.74) is 0. The summed E-state index contributed by atoms with van der Waals surface area (Å²) in [6, 6.07) is 0. The molecule has 0 aliphatic heterocycles. The van der Waals surface area contributed by atoms with Gasteiger partial charge in [-0.25, -0.2) is 4.57 Å². The quantitative estimate of drug-likeness (QED) is 0.532. The molecule has 0 fully saturated rings. The molecule has 0 saturated carbocycles. The lowest BCUT2D eigenvalue weighted by Crippen LogP contribution is -1.80. The molecule has 0 aromatic carbocycles. The first-order valence-electron chi connectivity index (χ1n) is 1.53. The molecule has 0 rings (SSSR count). The van der Waals surface area contributed by atoms with Gasteiger partial charge in [-0.1, -0.05) is 0 Å². The number of ether oxygens (including phenoxy) is 1. The fraction of sp³-hybridized carbons (Fsp3) is 1.00. The molecular formula is C2H5F2O2P. The zero-order chi connectivity index (χ0) is 5.91. The Bertz CT molecular complexity index is 87.7. The average molecular weight is 130 g/mol. The van der Waals surface area contributed by atoms with Crippen molar-refractivity contribution in [2.24, 2.45) is 0 Å². The maximum atomic E-state index is 11.2. The lowest BCUT2D eigenvalue weighted by atomic mass is 11.5. The molecule has 7 heavy (non-hydrogen) atoms. The van der Waals surface area contributed by atoms with Crippen molar-refractivity contribution in [2.75, 3.05) is 13.5 Å². The second-order valence-electron chi connectivity index (χ2n) is 0.988. The van der Waals surface area contributed by atoms with Crippen LogP contribution in [0.25, 0.3) is 0 Å². The van der Waals surface area contributed by atoms with Crippen LogP contribution in [0, 0.1) is 0 Å². The maximum Gasteiger partial charge on any atom is 0.427 e. The Morgan fingerprint density at radius 1 is 1.71 bits per heavy atom. The van der Waals surface area contributed by atoms with Gasteiger partial charge in [0.2, 0.25) is 0 Å². The number of methoxy groups -OCH3 is 1. The van der Waals surface area contributed by atoms with E-state index in [-0.39, 0.29) is 0 Å². The van der Waals surface area contributed by atoms with Gasteiger partial charge in [0.25, 0.3) is 0 Å².